The van der Waals surface area contributed by atoms with Gasteiger partial charge in [0.05, 0.1) is 0 Å². The van der Waals surface area contributed by atoms with Gasteiger partial charge in [0.1, 0.15) is 0 Å². The monoisotopic (exact) mass is 205 g/mol. The van der Waals surface area contributed by atoms with E-state index in [0.29, 0.717) is 6.42 Å². The average Bonchev–Trinajstić information content (AvgIpc) is 2.26. The predicted molar refractivity (Wildman–Crippen MR) is 64.6 cm³/mol. The largest absolute Gasteiger partial charge is 0.378 e. The van der Waals surface area contributed by atoms with E-state index in [9.17, 15) is 4.79 Å². The molecule has 2 heteroatoms. The molecule has 0 spiro atoms. The maximum atomic E-state index is 11.7. The summed E-state index contributed by atoms with van der Waals surface area (Å²) in [6, 6.07) is 7.79. The van der Waals surface area contributed by atoms with E-state index < -0.39 is 0 Å². The lowest BCUT2D eigenvalue weighted by Crippen LogP contribution is -2.08. The van der Waals surface area contributed by atoms with Crippen molar-refractivity contribution < 1.29 is 4.79 Å². The highest BCUT2D eigenvalue weighted by Gasteiger charge is 2.04. The van der Waals surface area contributed by atoms with E-state index in [2.05, 4.69) is 6.92 Å². The van der Waals surface area contributed by atoms with Crippen molar-refractivity contribution in [2.75, 3.05) is 19.0 Å². The van der Waals surface area contributed by atoms with Crippen molar-refractivity contribution in [3.63, 3.8) is 0 Å². The Morgan fingerprint density at radius 2 is 1.80 bits per heavy atom. The summed E-state index contributed by atoms with van der Waals surface area (Å²) in [5.74, 6) is 0.252. The molecule has 82 valence electrons. The number of carbonyl (C=O) groups is 1. The Bertz CT molecular complexity index is 314. The van der Waals surface area contributed by atoms with Crippen LogP contribution in [0.4, 0.5) is 5.69 Å². The molecule has 1 rings (SSSR count). The number of rotatable bonds is 5. The summed E-state index contributed by atoms with van der Waals surface area (Å²) < 4.78 is 0. The molecule has 1 aromatic carbocycles. The number of anilines is 1. The standard InChI is InChI=1S/C13H19NO/c1-4-5-6-13(15)11-7-9-12(10-8-11)14(2)3/h7-10H,4-6H2,1-3H3. The second kappa shape index (κ2) is 5.54. The number of Topliss-reactive ketones (excluding diaryl/α,β-unsaturated/α-hetero) is 1. The quantitative estimate of drug-likeness (QED) is 0.688. The molecule has 0 aromatic heterocycles. The Morgan fingerprint density at radius 3 is 2.27 bits per heavy atom. The van der Waals surface area contributed by atoms with Crippen LogP contribution in [0.25, 0.3) is 0 Å². The van der Waals surface area contributed by atoms with Crippen molar-refractivity contribution in [3.05, 3.63) is 29.8 Å². The van der Waals surface area contributed by atoms with E-state index in [1.165, 1.54) is 0 Å². The van der Waals surface area contributed by atoms with Crippen LogP contribution in [0.2, 0.25) is 0 Å². The van der Waals surface area contributed by atoms with E-state index >= 15 is 0 Å². The minimum absolute atomic E-state index is 0.252. The SMILES string of the molecule is CCCCC(=O)c1ccc(N(C)C)cc1. The van der Waals surface area contributed by atoms with Crippen LogP contribution in [-0.2, 0) is 0 Å². The second-order valence-electron chi connectivity index (χ2n) is 3.97. The Kier molecular flexibility index (Phi) is 4.35. The third-order valence-corrected chi connectivity index (χ3v) is 2.46. The summed E-state index contributed by atoms with van der Waals surface area (Å²) in [5, 5.41) is 0. The number of nitrogens with zero attached hydrogens (tertiary/aromatic N) is 1. The van der Waals surface area contributed by atoms with E-state index in [0.717, 1.165) is 24.1 Å². The van der Waals surface area contributed by atoms with Crippen molar-refractivity contribution in [3.8, 4) is 0 Å². The third kappa shape index (κ3) is 3.39. The van der Waals surface area contributed by atoms with Crippen molar-refractivity contribution in [1.29, 1.82) is 0 Å². The highest BCUT2D eigenvalue weighted by molar-refractivity contribution is 5.96. The molecular weight excluding hydrogens is 186 g/mol. The fourth-order valence-corrected chi connectivity index (χ4v) is 1.43. The van der Waals surface area contributed by atoms with Gasteiger partial charge < -0.3 is 4.90 Å². The molecule has 15 heavy (non-hydrogen) atoms. The number of hydrogen-bond acceptors (Lipinski definition) is 2. The van der Waals surface area contributed by atoms with Crippen LogP contribution >= 0.6 is 0 Å². The van der Waals surface area contributed by atoms with Crippen LogP contribution < -0.4 is 4.90 Å². The fourth-order valence-electron chi connectivity index (χ4n) is 1.43. The van der Waals surface area contributed by atoms with Crippen LogP contribution in [0.1, 0.15) is 36.5 Å². The summed E-state index contributed by atoms with van der Waals surface area (Å²) in [5.41, 5.74) is 1.95. The molecule has 0 radical (unpaired) electrons. The first kappa shape index (κ1) is 11.8. The van der Waals surface area contributed by atoms with Gasteiger partial charge in [-0.2, -0.15) is 0 Å². The summed E-state index contributed by atoms with van der Waals surface area (Å²) in [6.07, 6.45) is 2.72. The lowest BCUT2D eigenvalue weighted by Gasteiger charge is -2.12. The van der Waals surface area contributed by atoms with Crippen LogP contribution in [-0.4, -0.2) is 19.9 Å². The van der Waals surface area contributed by atoms with Gasteiger partial charge in [-0.1, -0.05) is 13.3 Å². The maximum Gasteiger partial charge on any atom is 0.162 e. The van der Waals surface area contributed by atoms with Crippen LogP contribution in [0.15, 0.2) is 24.3 Å². The molecule has 0 fully saturated rings. The zero-order chi connectivity index (χ0) is 11.3. The fraction of sp³-hybridized carbons (Fsp3) is 0.462. The van der Waals surface area contributed by atoms with Gasteiger partial charge in [0.2, 0.25) is 0 Å². The van der Waals surface area contributed by atoms with Crippen molar-refractivity contribution in [2.45, 2.75) is 26.2 Å². The second-order valence-corrected chi connectivity index (χ2v) is 3.97. The smallest absolute Gasteiger partial charge is 0.162 e. The maximum absolute atomic E-state index is 11.7. The molecule has 0 saturated heterocycles. The molecule has 2 nitrogen and oxygen atoms in total. The van der Waals surface area contributed by atoms with Crippen LogP contribution in [0.5, 0.6) is 0 Å². The number of benzene rings is 1. The number of ketones is 1. The van der Waals surface area contributed by atoms with Gasteiger partial charge in [0.15, 0.2) is 5.78 Å². The summed E-state index contributed by atoms with van der Waals surface area (Å²) in [6.45, 7) is 2.10. The molecule has 0 N–H and O–H groups in total. The Labute approximate surface area is 91.9 Å². The van der Waals surface area contributed by atoms with E-state index in [1.807, 2.05) is 43.3 Å². The zero-order valence-electron chi connectivity index (χ0n) is 9.79. The van der Waals surface area contributed by atoms with Gasteiger partial charge in [-0.25, -0.2) is 0 Å². The van der Waals surface area contributed by atoms with Crippen molar-refractivity contribution in [2.24, 2.45) is 0 Å². The minimum atomic E-state index is 0.252. The molecule has 0 unspecified atom stereocenters. The normalized spacial score (nSPS) is 10.1. The molecule has 0 saturated carbocycles. The van der Waals surface area contributed by atoms with Crippen LogP contribution in [0, 0.1) is 0 Å². The highest BCUT2D eigenvalue weighted by Crippen LogP contribution is 2.14. The zero-order valence-corrected chi connectivity index (χ0v) is 9.79. The summed E-state index contributed by atoms with van der Waals surface area (Å²) in [7, 11) is 3.99. The molecule has 0 atom stereocenters. The van der Waals surface area contributed by atoms with Gasteiger partial charge in [-0.15, -0.1) is 0 Å². The first-order valence-corrected chi connectivity index (χ1v) is 5.45. The third-order valence-electron chi connectivity index (χ3n) is 2.46. The molecule has 0 bridgehead atoms. The molecular formula is C13H19NO. The van der Waals surface area contributed by atoms with Gasteiger partial charge in [-0.3, -0.25) is 4.79 Å². The molecule has 1 aromatic rings. The van der Waals surface area contributed by atoms with Crippen molar-refractivity contribution in [1.82, 2.24) is 0 Å². The lowest BCUT2D eigenvalue weighted by molar-refractivity contribution is 0.0980. The van der Waals surface area contributed by atoms with Gasteiger partial charge in [0.25, 0.3) is 0 Å². The van der Waals surface area contributed by atoms with Gasteiger partial charge >= 0.3 is 0 Å². The Hall–Kier alpha value is -1.31. The molecule has 0 aliphatic heterocycles. The molecule has 0 aliphatic rings. The van der Waals surface area contributed by atoms with Crippen molar-refractivity contribution >= 4 is 11.5 Å². The topological polar surface area (TPSA) is 20.3 Å². The molecule has 0 heterocycles. The molecule has 0 aliphatic carbocycles. The lowest BCUT2D eigenvalue weighted by atomic mass is 10.1. The Morgan fingerprint density at radius 1 is 1.20 bits per heavy atom. The highest BCUT2D eigenvalue weighted by atomic mass is 16.1. The number of carbonyl (C=O) groups excluding carboxylic acids is 1. The number of unbranched alkanes of at least 4 members (excludes halogenated alkanes) is 1. The number of hydrogen-bond donors (Lipinski definition) is 0. The van der Waals surface area contributed by atoms with Gasteiger partial charge in [0, 0.05) is 31.8 Å². The van der Waals surface area contributed by atoms with Gasteiger partial charge in [-0.05, 0) is 30.7 Å². The molecule has 0 amide bonds. The first-order valence-electron chi connectivity index (χ1n) is 5.45. The van der Waals surface area contributed by atoms with Crippen LogP contribution in [0.3, 0.4) is 0 Å². The average molecular weight is 205 g/mol. The van der Waals surface area contributed by atoms with E-state index in [-0.39, 0.29) is 5.78 Å². The minimum Gasteiger partial charge on any atom is -0.378 e. The Balaban J connectivity index is 2.67. The first-order chi connectivity index (χ1) is 7.15. The summed E-state index contributed by atoms with van der Waals surface area (Å²) >= 11 is 0. The summed E-state index contributed by atoms with van der Waals surface area (Å²) in [4.78, 5) is 13.7. The van der Waals surface area contributed by atoms with E-state index in [4.69, 9.17) is 0 Å². The predicted octanol–water partition coefficient (Wildman–Crippen LogP) is 3.13. The van der Waals surface area contributed by atoms with E-state index in [1.54, 1.807) is 0 Å².